The summed E-state index contributed by atoms with van der Waals surface area (Å²) in [5.74, 6) is 0.910. The highest BCUT2D eigenvalue weighted by Crippen LogP contribution is 2.17. The van der Waals surface area contributed by atoms with E-state index in [-0.39, 0.29) is 17.1 Å². The zero-order valence-electron chi connectivity index (χ0n) is 9.02. The minimum Gasteiger partial charge on any atom is -0.354 e. The van der Waals surface area contributed by atoms with Gasteiger partial charge in [-0.05, 0) is 29.0 Å². The maximum Gasteiger partial charge on any atom is 0.266 e. The quantitative estimate of drug-likeness (QED) is 0.705. The van der Waals surface area contributed by atoms with E-state index in [2.05, 4.69) is 9.97 Å². The fourth-order valence-corrected chi connectivity index (χ4v) is 3.65. The number of sulfone groups is 1. The number of aromatic amines is 1. The van der Waals surface area contributed by atoms with E-state index in [4.69, 9.17) is 0 Å². The highest BCUT2D eigenvalue weighted by atomic mass is 127. The Hall–Kier alpha value is -0.640. The molecule has 6 nitrogen and oxygen atoms in total. The summed E-state index contributed by atoms with van der Waals surface area (Å²) in [5.41, 5.74) is -0.192. The first kappa shape index (κ1) is 12.8. The second-order valence-corrected chi connectivity index (χ2v) is 7.24. The van der Waals surface area contributed by atoms with Crippen LogP contribution in [0.25, 0.3) is 0 Å². The topological polar surface area (TPSA) is 83.1 Å². The van der Waals surface area contributed by atoms with Gasteiger partial charge in [0.25, 0.3) is 5.56 Å². The third-order valence-corrected chi connectivity index (χ3v) is 5.32. The van der Waals surface area contributed by atoms with Crippen LogP contribution in [0.2, 0.25) is 0 Å². The molecule has 94 valence electrons. The zero-order valence-corrected chi connectivity index (χ0v) is 12.0. The van der Waals surface area contributed by atoms with E-state index >= 15 is 0 Å². The predicted molar refractivity (Wildman–Crippen MR) is 73.1 cm³/mol. The number of nitrogens with zero attached hydrogens (tertiary/aromatic N) is 2. The largest absolute Gasteiger partial charge is 0.354 e. The van der Waals surface area contributed by atoms with Gasteiger partial charge in [-0.3, -0.25) is 4.79 Å². The molecular formula is C9H12IN3O3S. The molecule has 0 radical (unpaired) electrons. The molecule has 2 heterocycles. The Morgan fingerprint density at radius 2 is 2.12 bits per heavy atom. The molecule has 2 rings (SSSR count). The van der Waals surface area contributed by atoms with Crippen molar-refractivity contribution in [2.75, 3.05) is 29.5 Å². The lowest BCUT2D eigenvalue weighted by molar-refractivity contribution is 0.597. The van der Waals surface area contributed by atoms with E-state index < -0.39 is 9.84 Å². The summed E-state index contributed by atoms with van der Waals surface area (Å²) in [6.45, 7) is 1.01. The van der Waals surface area contributed by atoms with Crippen LogP contribution in [0.5, 0.6) is 0 Å². The van der Waals surface area contributed by atoms with E-state index in [1.165, 1.54) is 6.33 Å². The number of hydrogen-bond acceptors (Lipinski definition) is 5. The Morgan fingerprint density at radius 1 is 1.35 bits per heavy atom. The van der Waals surface area contributed by atoms with Crippen molar-refractivity contribution in [3.8, 4) is 0 Å². The van der Waals surface area contributed by atoms with Gasteiger partial charge in [0, 0.05) is 13.1 Å². The molecule has 17 heavy (non-hydrogen) atoms. The van der Waals surface area contributed by atoms with Crippen molar-refractivity contribution in [2.24, 2.45) is 0 Å². The van der Waals surface area contributed by atoms with Crippen LogP contribution in [0, 0.1) is 3.57 Å². The van der Waals surface area contributed by atoms with Crippen LogP contribution in [0.4, 0.5) is 5.82 Å². The van der Waals surface area contributed by atoms with Gasteiger partial charge in [-0.15, -0.1) is 0 Å². The van der Waals surface area contributed by atoms with Gasteiger partial charge in [-0.1, -0.05) is 0 Å². The number of rotatable bonds is 1. The second kappa shape index (κ2) is 4.92. The highest BCUT2D eigenvalue weighted by Gasteiger charge is 2.21. The fraction of sp³-hybridized carbons (Fsp3) is 0.556. The molecule has 1 aliphatic rings. The molecule has 1 aromatic heterocycles. The molecule has 0 aliphatic carbocycles. The number of H-pyrrole nitrogens is 1. The Morgan fingerprint density at radius 3 is 2.88 bits per heavy atom. The summed E-state index contributed by atoms with van der Waals surface area (Å²) in [6.07, 6.45) is 1.92. The molecule has 1 N–H and O–H groups in total. The summed E-state index contributed by atoms with van der Waals surface area (Å²) >= 11 is 1.93. The van der Waals surface area contributed by atoms with Crippen molar-refractivity contribution in [3.63, 3.8) is 0 Å². The van der Waals surface area contributed by atoms with Gasteiger partial charge >= 0.3 is 0 Å². The molecular weight excluding hydrogens is 357 g/mol. The summed E-state index contributed by atoms with van der Waals surface area (Å²) in [6, 6.07) is 0. The molecule has 0 spiro atoms. The molecule has 1 saturated heterocycles. The van der Waals surface area contributed by atoms with Gasteiger partial charge in [0.1, 0.15) is 9.39 Å². The van der Waals surface area contributed by atoms with Crippen molar-refractivity contribution in [2.45, 2.75) is 6.42 Å². The standard InChI is InChI=1S/C9H12IN3O3S/c10-7-8(11-6-12-9(7)14)13-2-1-4-17(15,16)5-3-13/h6H,1-5H2,(H,11,12,14). The first-order valence-electron chi connectivity index (χ1n) is 5.18. The predicted octanol–water partition coefficient (Wildman–Crippen LogP) is -0.000600. The zero-order chi connectivity index (χ0) is 12.5. The third-order valence-electron chi connectivity index (χ3n) is 2.63. The molecule has 0 unspecified atom stereocenters. The fourth-order valence-electron chi connectivity index (χ4n) is 1.74. The van der Waals surface area contributed by atoms with Gasteiger partial charge in [0.05, 0.1) is 17.8 Å². The Bertz CT molecular complexity index is 569. The highest BCUT2D eigenvalue weighted by molar-refractivity contribution is 14.1. The monoisotopic (exact) mass is 369 g/mol. The molecule has 0 amide bonds. The molecule has 8 heteroatoms. The number of anilines is 1. The Kier molecular flexibility index (Phi) is 3.71. The van der Waals surface area contributed by atoms with Gasteiger partial charge < -0.3 is 9.88 Å². The van der Waals surface area contributed by atoms with Crippen LogP contribution in [0.1, 0.15) is 6.42 Å². The SMILES string of the molecule is O=c1[nH]cnc(N2CCCS(=O)(=O)CC2)c1I. The minimum atomic E-state index is -2.94. The minimum absolute atomic E-state index is 0.123. The van der Waals surface area contributed by atoms with Crippen LogP contribution in [-0.2, 0) is 9.84 Å². The number of halogens is 1. The molecule has 1 aromatic rings. The van der Waals surface area contributed by atoms with Crippen molar-refractivity contribution >= 4 is 38.2 Å². The first-order valence-corrected chi connectivity index (χ1v) is 8.08. The van der Waals surface area contributed by atoms with Gasteiger partial charge in [0.2, 0.25) is 0 Å². The van der Waals surface area contributed by atoms with Crippen LogP contribution in [0.3, 0.4) is 0 Å². The molecule has 0 saturated carbocycles. The summed E-state index contributed by atoms with van der Waals surface area (Å²) < 4.78 is 23.5. The lowest BCUT2D eigenvalue weighted by atomic mass is 10.4. The molecule has 0 bridgehead atoms. The number of aromatic nitrogens is 2. The summed E-state index contributed by atoms with van der Waals surface area (Å²) in [5, 5.41) is 0. The van der Waals surface area contributed by atoms with E-state index in [1.54, 1.807) is 0 Å². The Balaban J connectivity index is 2.29. The van der Waals surface area contributed by atoms with E-state index in [0.717, 1.165) is 0 Å². The molecule has 1 aliphatic heterocycles. The van der Waals surface area contributed by atoms with Gasteiger partial charge in [-0.25, -0.2) is 13.4 Å². The summed E-state index contributed by atoms with van der Waals surface area (Å²) in [7, 11) is -2.94. The lowest BCUT2D eigenvalue weighted by Crippen LogP contribution is -2.30. The first-order chi connectivity index (χ1) is 7.99. The van der Waals surface area contributed by atoms with Crippen molar-refractivity contribution in [1.29, 1.82) is 0 Å². The second-order valence-electron chi connectivity index (χ2n) is 3.86. The smallest absolute Gasteiger partial charge is 0.266 e. The number of nitrogens with one attached hydrogen (secondary N) is 1. The van der Waals surface area contributed by atoms with Crippen LogP contribution in [0.15, 0.2) is 11.1 Å². The number of hydrogen-bond donors (Lipinski definition) is 1. The maximum atomic E-state index is 11.5. The van der Waals surface area contributed by atoms with Gasteiger partial charge in [-0.2, -0.15) is 0 Å². The lowest BCUT2D eigenvalue weighted by Gasteiger charge is -2.21. The van der Waals surface area contributed by atoms with E-state index in [0.29, 0.717) is 28.9 Å². The van der Waals surface area contributed by atoms with Crippen LogP contribution in [-0.4, -0.2) is 43.0 Å². The molecule has 1 fully saturated rings. The van der Waals surface area contributed by atoms with E-state index in [9.17, 15) is 13.2 Å². The Labute approximate surface area is 112 Å². The van der Waals surface area contributed by atoms with Crippen molar-refractivity contribution in [1.82, 2.24) is 9.97 Å². The average Bonchev–Trinajstić information content (AvgIpc) is 2.44. The average molecular weight is 369 g/mol. The third kappa shape index (κ3) is 2.97. The van der Waals surface area contributed by atoms with Crippen molar-refractivity contribution in [3.05, 3.63) is 20.3 Å². The molecule has 0 atom stereocenters. The van der Waals surface area contributed by atoms with Crippen LogP contribution >= 0.6 is 22.6 Å². The van der Waals surface area contributed by atoms with Crippen LogP contribution < -0.4 is 10.5 Å². The van der Waals surface area contributed by atoms with Crippen molar-refractivity contribution < 1.29 is 8.42 Å². The van der Waals surface area contributed by atoms with E-state index in [1.807, 2.05) is 27.5 Å². The normalized spacial score (nSPS) is 19.9. The molecule has 0 aromatic carbocycles. The van der Waals surface area contributed by atoms with Gasteiger partial charge in [0.15, 0.2) is 9.84 Å². The summed E-state index contributed by atoms with van der Waals surface area (Å²) in [4.78, 5) is 19.9. The maximum absolute atomic E-state index is 11.5.